The summed E-state index contributed by atoms with van der Waals surface area (Å²) in [6.45, 7) is 4.13. The molecule has 1 aromatic heterocycles. The minimum Gasteiger partial charge on any atom is -0.465 e. The summed E-state index contributed by atoms with van der Waals surface area (Å²) < 4.78 is 5.73. The number of fused-ring (bicyclic) bond motifs is 1. The number of methoxy groups -OCH3 is 1. The summed E-state index contributed by atoms with van der Waals surface area (Å²) in [4.78, 5) is 24.3. The van der Waals surface area contributed by atoms with Gasteiger partial charge in [-0.1, -0.05) is 32.0 Å². The highest BCUT2D eigenvalue weighted by Crippen LogP contribution is 2.36. The fraction of sp³-hybridized carbons (Fsp3) is 0.333. The van der Waals surface area contributed by atoms with Crippen molar-refractivity contribution in [2.45, 2.75) is 19.9 Å². The van der Waals surface area contributed by atoms with Gasteiger partial charge in [0.05, 0.1) is 19.3 Å². The molecule has 0 saturated carbocycles. The van der Waals surface area contributed by atoms with Crippen molar-refractivity contribution in [1.82, 2.24) is 5.32 Å². The van der Waals surface area contributed by atoms with Crippen molar-refractivity contribution in [2.75, 3.05) is 19.0 Å². The topological polar surface area (TPSA) is 67.4 Å². The van der Waals surface area contributed by atoms with Crippen LogP contribution in [-0.4, -0.2) is 31.6 Å². The number of carbonyl (C=O) groups excluding carboxylic acids is 2. The average molecular weight is 306 g/mol. The molecule has 0 aliphatic carbocycles. The third kappa shape index (κ3) is 3.59. The highest BCUT2D eigenvalue weighted by Gasteiger charge is 2.20. The molecule has 1 aromatic carbocycles. The maximum atomic E-state index is 12.0. The number of hydrogen-bond donors (Lipinski definition) is 2. The van der Waals surface area contributed by atoms with Crippen molar-refractivity contribution in [3.8, 4) is 0 Å². The van der Waals surface area contributed by atoms with Gasteiger partial charge in [-0.3, -0.25) is 4.79 Å². The normalized spacial score (nSPS) is 10.9. The van der Waals surface area contributed by atoms with Crippen LogP contribution in [0.15, 0.2) is 24.3 Å². The minimum atomic E-state index is -0.441. The first-order valence-corrected chi connectivity index (χ1v) is 7.47. The van der Waals surface area contributed by atoms with Gasteiger partial charge in [0, 0.05) is 16.1 Å². The zero-order chi connectivity index (χ0) is 15.4. The minimum absolute atomic E-state index is 0.183. The first kappa shape index (κ1) is 15.5. The van der Waals surface area contributed by atoms with E-state index in [9.17, 15) is 9.59 Å². The number of benzene rings is 1. The van der Waals surface area contributed by atoms with Crippen LogP contribution in [0.25, 0.3) is 10.1 Å². The van der Waals surface area contributed by atoms with Crippen molar-refractivity contribution in [3.05, 3.63) is 29.1 Å². The number of nitrogens with one attached hydrogen (secondary N) is 2. The van der Waals surface area contributed by atoms with E-state index in [0.717, 1.165) is 10.1 Å². The molecule has 2 rings (SSSR count). The standard InChI is InChI=1S/C15H18N2O3S/c1-9(2)16-8-12(18)17-13-10-6-4-5-7-11(10)21-14(13)15(19)20-3/h4-7,9,16H,8H2,1-3H3,(H,17,18). The molecule has 6 heteroatoms. The van der Waals surface area contributed by atoms with Gasteiger partial charge in [-0.25, -0.2) is 4.79 Å². The maximum absolute atomic E-state index is 12.0. The Kier molecular flexibility index (Phi) is 4.93. The van der Waals surface area contributed by atoms with Crippen LogP contribution in [0.1, 0.15) is 23.5 Å². The van der Waals surface area contributed by atoms with Crippen LogP contribution in [0.2, 0.25) is 0 Å². The van der Waals surface area contributed by atoms with Crippen molar-refractivity contribution in [2.24, 2.45) is 0 Å². The Labute approximate surface area is 127 Å². The summed E-state index contributed by atoms with van der Waals surface area (Å²) >= 11 is 1.31. The molecular weight excluding hydrogens is 288 g/mol. The molecule has 0 bridgehead atoms. The van der Waals surface area contributed by atoms with E-state index in [1.54, 1.807) is 0 Å². The van der Waals surface area contributed by atoms with E-state index in [-0.39, 0.29) is 18.5 Å². The lowest BCUT2D eigenvalue weighted by molar-refractivity contribution is -0.115. The first-order chi connectivity index (χ1) is 10.0. The number of carbonyl (C=O) groups is 2. The summed E-state index contributed by atoms with van der Waals surface area (Å²) in [6, 6.07) is 7.78. The number of amides is 1. The van der Waals surface area contributed by atoms with Crippen molar-refractivity contribution in [1.29, 1.82) is 0 Å². The molecule has 0 spiro atoms. The number of anilines is 1. The molecule has 0 unspecified atom stereocenters. The Bertz CT molecular complexity index is 664. The third-order valence-electron chi connectivity index (χ3n) is 2.90. The zero-order valence-electron chi connectivity index (χ0n) is 12.2. The van der Waals surface area contributed by atoms with E-state index in [0.29, 0.717) is 10.6 Å². The van der Waals surface area contributed by atoms with Crippen LogP contribution in [0.3, 0.4) is 0 Å². The summed E-state index contributed by atoms with van der Waals surface area (Å²) in [5, 5.41) is 6.70. The van der Waals surface area contributed by atoms with Gasteiger partial charge in [0.25, 0.3) is 0 Å². The number of thiophene rings is 1. The molecule has 2 N–H and O–H groups in total. The molecule has 112 valence electrons. The van der Waals surface area contributed by atoms with Crippen molar-refractivity contribution in [3.63, 3.8) is 0 Å². The van der Waals surface area contributed by atoms with Gasteiger partial charge in [0.15, 0.2) is 0 Å². The lowest BCUT2D eigenvalue weighted by atomic mass is 10.2. The van der Waals surface area contributed by atoms with Gasteiger partial charge in [0.2, 0.25) is 5.91 Å². The molecule has 21 heavy (non-hydrogen) atoms. The van der Waals surface area contributed by atoms with Crippen LogP contribution in [0.5, 0.6) is 0 Å². The zero-order valence-corrected chi connectivity index (χ0v) is 13.0. The van der Waals surface area contributed by atoms with Crippen LogP contribution in [0, 0.1) is 0 Å². The second-order valence-corrected chi connectivity index (χ2v) is 5.93. The molecule has 5 nitrogen and oxygen atoms in total. The molecule has 2 aromatic rings. The Morgan fingerprint density at radius 3 is 2.67 bits per heavy atom. The Morgan fingerprint density at radius 2 is 2.00 bits per heavy atom. The molecular formula is C15H18N2O3S. The Hall–Kier alpha value is -1.92. The van der Waals surface area contributed by atoms with E-state index < -0.39 is 5.97 Å². The van der Waals surface area contributed by atoms with E-state index in [1.165, 1.54) is 18.4 Å². The number of esters is 1. The Balaban J connectivity index is 2.32. The Morgan fingerprint density at radius 1 is 1.29 bits per heavy atom. The number of hydrogen-bond acceptors (Lipinski definition) is 5. The van der Waals surface area contributed by atoms with E-state index in [2.05, 4.69) is 10.6 Å². The maximum Gasteiger partial charge on any atom is 0.350 e. The van der Waals surface area contributed by atoms with E-state index in [1.807, 2.05) is 38.1 Å². The highest BCUT2D eigenvalue weighted by atomic mass is 32.1. The second kappa shape index (κ2) is 6.69. The monoisotopic (exact) mass is 306 g/mol. The summed E-state index contributed by atoms with van der Waals surface area (Å²) in [5.41, 5.74) is 0.526. The average Bonchev–Trinajstić information content (AvgIpc) is 2.83. The van der Waals surface area contributed by atoms with E-state index >= 15 is 0 Å². The molecule has 0 atom stereocenters. The van der Waals surface area contributed by atoms with Crippen LogP contribution in [0.4, 0.5) is 5.69 Å². The van der Waals surface area contributed by atoms with Gasteiger partial charge < -0.3 is 15.4 Å². The third-order valence-corrected chi connectivity index (χ3v) is 4.05. The quantitative estimate of drug-likeness (QED) is 0.833. The predicted octanol–water partition coefficient (Wildman–Crippen LogP) is 2.62. The van der Waals surface area contributed by atoms with Gasteiger partial charge in [-0.15, -0.1) is 11.3 Å². The molecule has 0 aliphatic rings. The van der Waals surface area contributed by atoms with Gasteiger partial charge in [-0.05, 0) is 6.07 Å². The fourth-order valence-corrected chi connectivity index (χ4v) is 2.96. The molecule has 0 saturated heterocycles. The molecule has 0 aliphatic heterocycles. The van der Waals surface area contributed by atoms with Gasteiger partial charge >= 0.3 is 5.97 Å². The summed E-state index contributed by atoms with van der Waals surface area (Å²) in [6.07, 6.45) is 0. The molecule has 0 fully saturated rings. The fourth-order valence-electron chi connectivity index (χ4n) is 1.89. The van der Waals surface area contributed by atoms with Crippen LogP contribution in [-0.2, 0) is 9.53 Å². The van der Waals surface area contributed by atoms with Gasteiger partial charge in [0.1, 0.15) is 4.88 Å². The smallest absolute Gasteiger partial charge is 0.350 e. The molecule has 0 radical (unpaired) electrons. The molecule has 1 heterocycles. The summed E-state index contributed by atoms with van der Waals surface area (Å²) in [7, 11) is 1.33. The largest absolute Gasteiger partial charge is 0.465 e. The van der Waals surface area contributed by atoms with Crippen molar-refractivity contribution >= 4 is 39.0 Å². The second-order valence-electron chi connectivity index (χ2n) is 4.88. The highest BCUT2D eigenvalue weighted by molar-refractivity contribution is 7.21. The lowest BCUT2D eigenvalue weighted by Gasteiger charge is -2.09. The summed E-state index contributed by atoms with van der Waals surface area (Å²) in [5.74, 6) is -0.624. The number of ether oxygens (including phenoxy) is 1. The van der Waals surface area contributed by atoms with Crippen molar-refractivity contribution < 1.29 is 14.3 Å². The van der Waals surface area contributed by atoms with Gasteiger partial charge in [-0.2, -0.15) is 0 Å². The number of rotatable bonds is 5. The SMILES string of the molecule is COC(=O)c1sc2ccccc2c1NC(=O)CNC(C)C. The first-order valence-electron chi connectivity index (χ1n) is 6.66. The van der Waals surface area contributed by atoms with Crippen LogP contribution < -0.4 is 10.6 Å². The van der Waals surface area contributed by atoms with E-state index in [4.69, 9.17) is 4.74 Å². The van der Waals surface area contributed by atoms with Crippen LogP contribution >= 0.6 is 11.3 Å². The molecule has 1 amide bonds. The predicted molar refractivity (Wildman–Crippen MR) is 84.9 cm³/mol. The lowest BCUT2D eigenvalue weighted by Crippen LogP contribution is -2.32.